The van der Waals surface area contributed by atoms with E-state index >= 15 is 0 Å². The third-order valence-corrected chi connectivity index (χ3v) is 4.54. The Bertz CT molecular complexity index is 527. The van der Waals surface area contributed by atoms with Crippen LogP contribution in [0.25, 0.3) is 0 Å². The van der Waals surface area contributed by atoms with Crippen LogP contribution in [-0.4, -0.2) is 31.1 Å². The molecule has 22 heavy (non-hydrogen) atoms. The van der Waals surface area contributed by atoms with Crippen molar-refractivity contribution >= 4 is 12.4 Å². The van der Waals surface area contributed by atoms with Crippen molar-refractivity contribution in [3.63, 3.8) is 0 Å². The van der Waals surface area contributed by atoms with E-state index in [1.54, 1.807) is 0 Å². The van der Waals surface area contributed by atoms with E-state index in [1.807, 2.05) is 0 Å². The number of hydrogen-bond acceptors (Lipinski definition) is 2. The van der Waals surface area contributed by atoms with E-state index in [1.165, 1.54) is 6.07 Å². The zero-order chi connectivity index (χ0) is 15.1. The minimum absolute atomic E-state index is 0. The van der Waals surface area contributed by atoms with Gasteiger partial charge in [0, 0.05) is 19.6 Å². The molecule has 0 aliphatic carbocycles. The van der Waals surface area contributed by atoms with Crippen LogP contribution in [0.5, 0.6) is 0 Å². The lowest BCUT2D eigenvalue weighted by Crippen LogP contribution is -2.29. The monoisotopic (exact) mass is 338 g/mol. The fourth-order valence-electron chi connectivity index (χ4n) is 3.47. The highest BCUT2D eigenvalue weighted by atomic mass is 35.5. The summed E-state index contributed by atoms with van der Waals surface area (Å²) in [4.78, 5) is 2.13. The molecular formula is C15H19ClF4N2. The fourth-order valence-corrected chi connectivity index (χ4v) is 3.47. The van der Waals surface area contributed by atoms with Gasteiger partial charge in [-0.2, -0.15) is 13.2 Å². The van der Waals surface area contributed by atoms with Crippen molar-refractivity contribution in [1.82, 2.24) is 10.2 Å². The summed E-state index contributed by atoms with van der Waals surface area (Å²) in [6, 6.07) is 2.81. The molecule has 1 aromatic carbocycles. The SMILES string of the molecule is Cl.Fc1cc(CN2CCC3(CCNC3)C2)cc(C(F)(F)F)c1. The molecule has 1 atom stereocenters. The largest absolute Gasteiger partial charge is 0.416 e. The Morgan fingerprint density at radius 1 is 1.18 bits per heavy atom. The van der Waals surface area contributed by atoms with Crippen LogP contribution in [0.15, 0.2) is 18.2 Å². The van der Waals surface area contributed by atoms with Crippen LogP contribution in [0.4, 0.5) is 17.6 Å². The third-order valence-electron chi connectivity index (χ3n) is 4.54. The summed E-state index contributed by atoms with van der Waals surface area (Å²) in [7, 11) is 0. The van der Waals surface area contributed by atoms with Crippen LogP contribution in [0, 0.1) is 11.2 Å². The van der Waals surface area contributed by atoms with Gasteiger partial charge in [0.25, 0.3) is 0 Å². The Hall–Kier alpha value is -0.850. The molecule has 0 amide bonds. The highest BCUT2D eigenvalue weighted by molar-refractivity contribution is 5.85. The summed E-state index contributed by atoms with van der Waals surface area (Å²) in [5.74, 6) is -0.823. The fraction of sp³-hybridized carbons (Fsp3) is 0.600. The van der Waals surface area contributed by atoms with Gasteiger partial charge in [-0.1, -0.05) is 0 Å². The molecule has 2 aliphatic heterocycles. The van der Waals surface area contributed by atoms with Crippen LogP contribution in [-0.2, 0) is 12.7 Å². The normalized spacial score (nSPS) is 25.6. The average molecular weight is 339 g/mol. The maximum Gasteiger partial charge on any atom is 0.416 e. The van der Waals surface area contributed by atoms with Gasteiger partial charge < -0.3 is 5.32 Å². The molecule has 124 valence electrons. The van der Waals surface area contributed by atoms with Crippen LogP contribution in [0.1, 0.15) is 24.0 Å². The summed E-state index contributed by atoms with van der Waals surface area (Å²) in [5, 5.41) is 3.34. The Morgan fingerprint density at radius 2 is 1.95 bits per heavy atom. The molecule has 0 saturated carbocycles. The first-order chi connectivity index (χ1) is 9.86. The first kappa shape index (κ1) is 17.5. The zero-order valence-corrected chi connectivity index (χ0v) is 12.9. The number of hydrogen-bond donors (Lipinski definition) is 1. The van der Waals surface area contributed by atoms with E-state index in [0.29, 0.717) is 18.2 Å². The maximum atomic E-state index is 13.4. The Kier molecular flexibility index (Phi) is 5.04. The smallest absolute Gasteiger partial charge is 0.316 e. The Morgan fingerprint density at radius 3 is 2.59 bits per heavy atom. The van der Waals surface area contributed by atoms with Gasteiger partial charge in [-0.25, -0.2) is 4.39 Å². The lowest BCUT2D eigenvalue weighted by atomic mass is 9.86. The second-order valence-corrected chi connectivity index (χ2v) is 6.23. The van der Waals surface area contributed by atoms with Gasteiger partial charge in [-0.05, 0) is 55.1 Å². The topological polar surface area (TPSA) is 15.3 Å². The summed E-state index contributed by atoms with van der Waals surface area (Å²) >= 11 is 0. The van der Waals surface area contributed by atoms with E-state index < -0.39 is 17.6 Å². The van der Waals surface area contributed by atoms with Crippen molar-refractivity contribution in [1.29, 1.82) is 0 Å². The van der Waals surface area contributed by atoms with Gasteiger partial charge in [-0.3, -0.25) is 4.90 Å². The average Bonchev–Trinajstić information content (AvgIpc) is 2.99. The lowest BCUT2D eigenvalue weighted by Gasteiger charge is -2.23. The summed E-state index contributed by atoms with van der Waals surface area (Å²) in [6.07, 6.45) is -2.33. The van der Waals surface area contributed by atoms with Gasteiger partial charge in [0.2, 0.25) is 0 Å². The van der Waals surface area contributed by atoms with E-state index in [9.17, 15) is 17.6 Å². The van der Waals surface area contributed by atoms with Crippen molar-refractivity contribution in [2.45, 2.75) is 25.6 Å². The molecule has 0 bridgehead atoms. The van der Waals surface area contributed by atoms with Crippen molar-refractivity contribution < 1.29 is 17.6 Å². The number of likely N-dealkylation sites (tertiary alicyclic amines) is 1. The van der Waals surface area contributed by atoms with Crippen molar-refractivity contribution in [2.75, 3.05) is 26.2 Å². The number of benzene rings is 1. The molecule has 1 N–H and O–H groups in total. The van der Waals surface area contributed by atoms with E-state index in [4.69, 9.17) is 0 Å². The van der Waals surface area contributed by atoms with Gasteiger partial charge in [-0.15, -0.1) is 12.4 Å². The third kappa shape index (κ3) is 3.73. The predicted octanol–water partition coefficient (Wildman–Crippen LogP) is 3.45. The van der Waals surface area contributed by atoms with Gasteiger partial charge in [0.05, 0.1) is 5.56 Å². The molecule has 2 nitrogen and oxygen atoms in total. The molecule has 0 radical (unpaired) electrons. The molecule has 2 fully saturated rings. The van der Waals surface area contributed by atoms with E-state index in [2.05, 4.69) is 10.2 Å². The van der Waals surface area contributed by atoms with Crippen LogP contribution < -0.4 is 5.32 Å². The molecule has 1 spiro atoms. The van der Waals surface area contributed by atoms with E-state index in [-0.39, 0.29) is 17.8 Å². The summed E-state index contributed by atoms with van der Waals surface area (Å²) < 4.78 is 51.5. The van der Waals surface area contributed by atoms with Crippen LogP contribution in [0.3, 0.4) is 0 Å². The van der Waals surface area contributed by atoms with Crippen LogP contribution in [0.2, 0.25) is 0 Å². The molecule has 2 aliphatic rings. The van der Waals surface area contributed by atoms with Gasteiger partial charge >= 0.3 is 6.18 Å². The molecule has 0 aromatic heterocycles. The van der Waals surface area contributed by atoms with Crippen molar-refractivity contribution in [3.8, 4) is 0 Å². The standard InChI is InChI=1S/C15H18F4N2.ClH/c16-13-6-11(5-12(7-13)15(17,18)19)8-21-4-2-14(10-21)1-3-20-9-14;/h5-7,20H,1-4,8-10H2;1H. The highest BCUT2D eigenvalue weighted by Gasteiger charge is 2.40. The first-order valence-corrected chi connectivity index (χ1v) is 7.16. The first-order valence-electron chi connectivity index (χ1n) is 7.16. The molecule has 7 heteroatoms. The summed E-state index contributed by atoms with van der Waals surface area (Å²) in [5.41, 5.74) is -0.250. The number of nitrogens with one attached hydrogen (secondary N) is 1. The molecule has 1 aromatic rings. The number of nitrogens with zero attached hydrogens (tertiary/aromatic N) is 1. The second kappa shape index (κ2) is 6.34. The zero-order valence-electron chi connectivity index (χ0n) is 12.0. The Labute approximate surface area is 133 Å². The van der Waals surface area contributed by atoms with Crippen molar-refractivity contribution in [3.05, 3.63) is 35.1 Å². The van der Waals surface area contributed by atoms with Crippen molar-refractivity contribution in [2.24, 2.45) is 5.41 Å². The maximum absolute atomic E-state index is 13.4. The molecule has 2 saturated heterocycles. The predicted molar refractivity (Wildman–Crippen MR) is 78.5 cm³/mol. The van der Waals surface area contributed by atoms with E-state index in [0.717, 1.165) is 45.1 Å². The second-order valence-electron chi connectivity index (χ2n) is 6.23. The molecular weight excluding hydrogens is 320 g/mol. The molecule has 1 unspecified atom stereocenters. The molecule has 3 rings (SSSR count). The highest BCUT2D eigenvalue weighted by Crippen LogP contribution is 2.37. The lowest BCUT2D eigenvalue weighted by molar-refractivity contribution is -0.137. The number of rotatable bonds is 2. The number of halogens is 5. The minimum Gasteiger partial charge on any atom is -0.316 e. The van der Waals surface area contributed by atoms with Gasteiger partial charge in [0.15, 0.2) is 0 Å². The Balaban J connectivity index is 0.00000176. The van der Waals surface area contributed by atoms with Crippen LogP contribution >= 0.6 is 12.4 Å². The minimum atomic E-state index is -4.50. The number of alkyl halides is 3. The quantitative estimate of drug-likeness (QED) is 0.831. The molecule has 2 heterocycles. The summed E-state index contributed by atoms with van der Waals surface area (Å²) in [6.45, 7) is 4.09. The van der Waals surface area contributed by atoms with Gasteiger partial charge in [0.1, 0.15) is 5.82 Å².